The van der Waals surface area contributed by atoms with Gasteiger partial charge in [-0.3, -0.25) is 0 Å². The normalized spacial score (nSPS) is 13.2. The standard InChI is InChI=1S/C70H66N5O.Pt/c1-67(2,3)46-30-33-62-59(40-46)58-32-31-54(43-64(58)75(62)65-41-47(34-35-71-65)68(4,5)6)76-53-23-18-21-50(42-53)72-44-73(52-38-48(69(7,8)9)37-49(39-52)70(10,11)12)66-55(26-19-29-63(66)72)45-20-17-22-51(36-45)74-60-27-15-13-24-56(60)57-25-14-16-28-61(57)74;/h13-41,44H,1-12H3;/q-3;. The van der Waals surface area contributed by atoms with Crippen LogP contribution in [0.15, 0.2) is 176 Å². The number of rotatable bonds is 7. The molecule has 0 spiro atoms. The first kappa shape index (κ1) is 51.7. The Balaban J connectivity index is 0.00000631. The van der Waals surface area contributed by atoms with Crippen molar-refractivity contribution in [1.82, 2.24) is 14.1 Å². The van der Waals surface area contributed by atoms with Crippen LogP contribution in [-0.4, -0.2) is 14.1 Å². The summed E-state index contributed by atoms with van der Waals surface area (Å²) in [4.78, 5) is 9.61. The van der Waals surface area contributed by atoms with Gasteiger partial charge in [0.15, 0.2) is 0 Å². The van der Waals surface area contributed by atoms with E-state index in [0.717, 1.165) is 67.2 Å². The molecule has 1 aliphatic rings. The molecule has 4 heterocycles. The molecular weight excluding hydrogens is 1120 g/mol. The molecule has 11 aromatic rings. The van der Waals surface area contributed by atoms with Crippen molar-refractivity contribution in [3.8, 4) is 34.1 Å². The maximum atomic E-state index is 6.84. The number of hydrogen-bond donors (Lipinski definition) is 0. The van der Waals surface area contributed by atoms with E-state index in [1.165, 1.54) is 44.1 Å². The predicted octanol–water partition coefficient (Wildman–Crippen LogP) is 18.9. The molecule has 0 amide bonds. The van der Waals surface area contributed by atoms with Gasteiger partial charge >= 0.3 is 0 Å². The van der Waals surface area contributed by atoms with Gasteiger partial charge in [-0.2, -0.15) is 12.1 Å². The van der Waals surface area contributed by atoms with E-state index in [1.807, 2.05) is 18.3 Å². The third-order valence-electron chi connectivity index (χ3n) is 15.3. The summed E-state index contributed by atoms with van der Waals surface area (Å²) in [5, 5.41) is 4.74. The van der Waals surface area contributed by atoms with Gasteiger partial charge < -0.3 is 23.7 Å². The van der Waals surface area contributed by atoms with E-state index in [9.17, 15) is 0 Å². The zero-order valence-electron chi connectivity index (χ0n) is 46.3. The molecule has 0 atom stereocenters. The maximum Gasteiger partial charge on any atom is 0.135 e. The molecule has 0 fully saturated rings. The fraction of sp³-hybridized carbons (Fsp3) is 0.229. The van der Waals surface area contributed by atoms with E-state index < -0.39 is 0 Å². The zero-order chi connectivity index (χ0) is 53.1. The minimum atomic E-state index is -0.0788. The number of nitrogens with zero attached hydrogens (tertiary/aromatic N) is 5. The van der Waals surface area contributed by atoms with Crippen LogP contribution in [0.25, 0.3) is 66.2 Å². The number of benzene rings is 8. The average Bonchev–Trinajstić information content (AvgIpc) is 4.08. The van der Waals surface area contributed by atoms with E-state index in [2.05, 4.69) is 279 Å². The molecule has 0 N–H and O–H groups in total. The van der Waals surface area contributed by atoms with Crippen LogP contribution in [0.4, 0.5) is 22.7 Å². The first-order valence-electron chi connectivity index (χ1n) is 26.7. The van der Waals surface area contributed by atoms with E-state index in [1.54, 1.807) is 0 Å². The molecule has 390 valence electrons. The molecule has 3 aromatic heterocycles. The molecule has 7 heteroatoms. The Labute approximate surface area is 469 Å². The smallest absolute Gasteiger partial charge is 0.135 e. The second-order valence-electron chi connectivity index (χ2n) is 24.8. The van der Waals surface area contributed by atoms with Crippen molar-refractivity contribution in [3.63, 3.8) is 0 Å². The largest absolute Gasteiger partial charge is 0.509 e. The fourth-order valence-electron chi connectivity index (χ4n) is 10.9. The van der Waals surface area contributed by atoms with Crippen molar-refractivity contribution in [1.29, 1.82) is 0 Å². The number of ether oxygens (including phenoxy) is 1. The molecule has 0 aliphatic carbocycles. The van der Waals surface area contributed by atoms with Crippen molar-refractivity contribution in [3.05, 3.63) is 217 Å². The molecule has 12 rings (SSSR count). The summed E-state index contributed by atoms with van der Waals surface area (Å²) in [6.07, 6.45) is 1.92. The zero-order valence-corrected chi connectivity index (χ0v) is 48.6. The molecule has 77 heavy (non-hydrogen) atoms. The van der Waals surface area contributed by atoms with Gasteiger partial charge in [0, 0.05) is 83.4 Å². The van der Waals surface area contributed by atoms with Crippen LogP contribution in [0, 0.1) is 18.8 Å². The minimum Gasteiger partial charge on any atom is -0.509 e. The van der Waals surface area contributed by atoms with Gasteiger partial charge in [0.1, 0.15) is 5.82 Å². The summed E-state index contributed by atoms with van der Waals surface area (Å²) < 4.78 is 11.5. The van der Waals surface area contributed by atoms with Gasteiger partial charge in [0.25, 0.3) is 0 Å². The van der Waals surface area contributed by atoms with E-state index in [-0.39, 0.29) is 42.7 Å². The molecule has 1 aliphatic heterocycles. The third-order valence-corrected chi connectivity index (χ3v) is 15.3. The average molecular weight is 1190 g/mol. The van der Waals surface area contributed by atoms with Crippen LogP contribution in [-0.2, 0) is 42.7 Å². The van der Waals surface area contributed by atoms with E-state index in [0.29, 0.717) is 11.5 Å². The van der Waals surface area contributed by atoms with Gasteiger partial charge in [-0.05, 0) is 116 Å². The first-order chi connectivity index (χ1) is 36.2. The van der Waals surface area contributed by atoms with E-state index >= 15 is 0 Å². The summed E-state index contributed by atoms with van der Waals surface area (Å²) in [5.74, 6) is 2.04. The Morgan fingerprint density at radius 1 is 0.442 bits per heavy atom. The van der Waals surface area contributed by atoms with Crippen LogP contribution in [0.2, 0.25) is 0 Å². The van der Waals surface area contributed by atoms with Gasteiger partial charge in [-0.25, -0.2) is 4.98 Å². The van der Waals surface area contributed by atoms with Gasteiger partial charge in [-0.15, -0.1) is 48.1 Å². The minimum absolute atomic E-state index is 0. The third kappa shape index (κ3) is 9.33. The van der Waals surface area contributed by atoms with Crippen LogP contribution in [0.3, 0.4) is 0 Å². The number of pyridine rings is 1. The van der Waals surface area contributed by atoms with Crippen LogP contribution < -0.4 is 14.5 Å². The molecule has 0 bridgehead atoms. The number of anilines is 4. The summed E-state index contributed by atoms with van der Waals surface area (Å²) >= 11 is 0. The monoisotopic (exact) mass is 1190 g/mol. The molecule has 0 saturated heterocycles. The SMILES string of the molecule is CC(C)(C)c1cc(N2[CH-]N(c3[c-]c(Oc4[c-]c5c(cc4)c4cc(C(C)(C)C)ccc4n5-c4cc(C(C)(C)C)ccn4)ccc3)c3cccc(-c4cccc(-n5c6ccccc6c6ccccc65)c4)c32)cc(C(C)(C)C)c1.[Pt]. The fourth-order valence-corrected chi connectivity index (χ4v) is 10.9. The molecule has 0 unspecified atom stereocenters. The molecule has 8 aromatic carbocycles. The molecule has 6 nitrogen and oxygen atoms in total. The van der Waals surface area contributed by atoms with Crippen molar-refractivity contribution in [2.45, 2.75) is 105 Å². The van der Waals surface area contributed by atoms with Gasteiger partial charge in [0.2, 0.25) is 0 Å². The van der Waals surface area contributed by atoms with Crippen molar-refractivity contribution < 1.29 is 25.8 Å². The Morgan fingerprint density at radius 2 is 1.05 bits per heavy atom. The number of aromatic nitrogens is 3. The van der Waals surface area contributed by atoms with Gasteiger partial charge in [0.05, 0.1) is 11.0 Å². The molecular formula is C70H66N5OPt-3. The first-order valence-corrected chi connectivity index (χ1v) is 26.7. The van der Waals surface area contributed by atoms with Crippen molar-refractivity contribution in [2.75, 3.05) is 9.80 Å². The Kier molecular flexibility index (Phi) is 12.7. The van der Waals surface area contributed by atoms with Crippen LogP contribution in [0.1, 0.15) is 105 Å². The molecule has 0 radical (unpaired) electrons. The summed E-state index contributed by atoms with van der Waals surface area (Å²) in [6.45, 7) is 29.6. The second kappa shape index (κ2) is 19.0. The summed E-state index contributed by atoms with van der Waals surface area (Å²) in [6, 6.07) is 69.2. The van der Waals surface area contributed by atoms with Crippen molar-refractivity contribution >= 4 is 66.4 Å². The van der Waals surface area contributed by atoms with Crippen LogP contribution in [0.5, 0.6) is 11.5 Å². The Morgan fingerprint density at radius 3 is 1.73 bits per heavy atom. The summed E-state index contributed by atoms with van der Waals surface area (Å²) in [7, 11) is 0. The quantitative estimate of drug-likeness (QED) is 0.149. The van der Waals surface area contributed by atoms with Crippen LogP contribution >= 0.6 is 0 Å². The van der Waals surface area contributed by atoms with Crippen molar-refractivity contribution in [2.24, 2.45) is 0 Å². The number of hydrogen-bond acceptors (Lipinski definition) is 4. The second-order valence-corrected chi connectivity index (χ2v) is 24.8. The summed E-state index contributed by atoms with van der Waals surface area (Å²) in [5.41, 5.74) is 16.7. The van der Waals surface area contributed by atoms with E-state index in [4.69, 9.17) is 9.72 Å². The number of para-hydroxylation sites is 3. The maximum absolute atomic E-state index is 6.84. The Hall–Kier alpha value is -7.40. The topological polar surface area (TPSA) is 38.5 Å². The Bertz CT molecular complexity index is 3990. The molecule has 0 saturated carbocycles. The predicted molar refractivity (Wildman–Crippen MR) is 319 cm³/mol. The van der Waals surface area contributed by atoms with Gasteiger partial charge in [-0.1, -0.05) is 167 Å². The number of fused-ring (bicyclic) bond motifs is 7.